The number of carbonyl (C=O) groups is 1. The van der Waals surface area contributed by atoms with Crippen molar-refractivity contribution in [2.24, 2.45) is 0 Å². The van der Waals surface area contributed by atoms with Gasteiger partial charge in [-0.15, -0.1) is 12.6 Å². The van der Waals surface area contributed by atoms with Crippen LogP contribution in [0.5, 0.6) is 5.75 Å². The fourth-order valence-electron chi connectivity index (χ4n) is 1.91. The van der Waals surface area contributed by atoms with Crippen LogP contribution in [-0.4, -0.2) is 20.0 Å². The van der Waals surface area contributed by atoms with Crippen LogP contribution in [0.3, 0.4) is 0 Å². The summed E-state index contributed by atoms with van der Waals surface area (Å²) in [5, 5.41) is 0. The average Bonchev–Trinajstić information content (AvgIpc) is 2.71. The molecule has 0 radical (unpaired) electrons. The van der Waals surface area contributed by atoms with Crippen LogP contribution in [0.15, 0.2) is 58.7 Å². The number of Topliss-reactive ketones (excluding diaryl/α,β-unsaturated/α-hetero) is 1. The van der Waals surface area contributed by atoms with Gasteiger partial charge in [0.15, 0.2) is 5.78 Å². The second-order valence-electron chi connectivity index (χ2n) is 4.26. The van der Waals surface area contributed by atoms with E-state index in [1.165, 1.54) is 0 Å². The third-order valence-corrected chi connectivity index (χ3v) is 3.37. The standard InChI is InChI=1S/C16H16O3S/c1-18-12-6-4-3-5-11(9-12)16(17)14-8-7-13(19-2)10-15(14)20/h3,5-10,20H,4H2,1-2H3. The first-order valence-corrected chi connectivity index (χ1v) is 6.64. The number of ketones is 1. The van der Waals surface area contributed by atoms with E-state index < -0.39 is 0 Å². The van der Waals surface area contributed by atoms with Gasteiger partial charge in [0.2, 0.25) is 0 Å². The largest absolute Gasteiger partial charge is 0.497 e. The molecule has 0 bridgehead atoms. The molecule has 1 aromatic carbocycles. The summed E-state index contributed by atoms with van der Waals surface area (Å²) in [7, 11) is 3.17. The first-order valence-electron chi connectivity index (χ1n) is 6.20. The molecule has 2 rings (SSSR count). The van der Waals surface area contributed by atoms with E-state index in [1.807, 2.05) is 18.2 Å². The predicted molar refractivity (Wildman–Crippen MR) is 81.5 cm³/mol. The molecule has 0 heterocycles. The highest BCUT2D eigenvalue weighted by Crippen LogP contribution is 2.24. The van der Waals surface area contributed by atoms with Crippen LogP contribution in [0.4, 0.5) is 0 Å². The molecular formula is C16H16O3S. The lowest BCUT2D eigenvalue weighted by Crippen LogP contribution is -2.04. The van der Waals surface area contributed by atoms with Gasteiger partial charge >= 0.3 is 0 Å². The minimum atomic E-state index is -0.0845. The lowest BCUT2D eigenvalue weighted by atomic mass is 10.0. The van der Waals surface area contributed by atoms with Crippen LogP contribution >= 0.6 is 12.6 Å². The van der Waals surface area contributed by atoms with Gasteiger partial charge in [0.25, 0.3) is 0 Å². The Morgan fingerprint density at radius 3 is 2.70 bits per heavy atom. The highest BCUT2D eigenvalue weighted by molar-refractivity contribution is 7.80. The Morgan fingerprint density at radius 1 is 1.25 bits per heavy atom. The van der Waals surface area contributed by atoms with Crippen LogP contribution in [-0.2, 0) is 4.74 Å². The number of allylic oxidation sites excluding steroid dienone is 5. The maximum atomic E-state index is 12.5. The number of hydrogen-bond donors (Lipinski definition) is 1. The van der Waals surface area contributed by atoms with Crippen LogP contribution in [0, 0.1) is 0 Å². The molecule has 0 aromatic heterocycles. The number of methoxy groups -OCH3 is 2. The van der Waals surface area contributed by atoms with Crippen molar-refractivity contribution >= 4 is 18.4 Å². The molecule has 0 fully saturated rings. The average molecular weight is 288 g/mol. The van der Waals surface area contributed by atoms with E-state index >= 15 is 0 Å². The van der Waals surface area contributed by atoms with E-state index in [9.17, 15) is 4.79 Å². The van der Waals surface area contributed by atoms with E-state index in [0.717, 1.165) is 6.42 Å². The molecule has 0 N–H and O–H groups in total. The molecule has 0 spiro atoms. The van der Waals surface area contributed by atoms with Gasteiger partial charge in [0.05, 0.1) is 14.2 Å². The molecule has 20 heavy (non-hydrogen) atoms. The number of carbonyl (C=O) groups excluding carboxylic acids is 1. The normalized spacial score (nSPS) is 14.2. The fraction of sp³-hybridized carbons (Fsp3) is 0.188. The predicted octanol–water partition coefficient (Wildman–Crippen LogP) is 3.58. The Labute approximate surface area is 124 Å². The van der Waals surface area contributed by atoms with Crippen molar-refractivity contribution in [2.45, 2.75) is 11.3 Å². The molecule has 0 amide bonds. The summed E-state index contributed by atoms with van der Waals surface area (Å²) in [6.45, 7) is 0. The van der Waals surface area contributed by atoms with Gasteiger partial charge in [-0.05, 0) is 36.8 Å². The SMILES string of the molecule is COC1=CCC=CC(C(=O)c2ccc(OC)cc2S)=C1. The summed E-state index contributed by atoms with van der Waals surface area (Å²) in [4.78, 5) is 13.1. The summed E-state index contributed by atoms with van der Waals surface area (Å²) in [6, 6.07) is 5.20. The summed E-state index contributed by atoms with van der Waals surface area (Å²) < 4.78 is 10.3. The van der Waals surface area contributed by atoms with E-state index in [1.54, 1.807) is 38.5 Å². The Hall–Kier alpha value is -1.94. The minimum Gasteiger partial charge on any atom is -0.497 e. The summed E-state index contributed by atoms with van der Waals surface area (Å²) in [6.07, 6.45) is 8.14. The van der Waals surface area contributed by atoms with E-state index in [0.29, 0.717) is 27.5 Å². The summed E-state index contributed by atoms with van der Waals surface area (Å²) in [5.41, 5.74) is 1.12. The molecule has 4 heteroatoms. The molecule has 0 unspecified atom stereocenters. The summed E-state index contributed by atoms with van der Waals surface area (Å²) in [5.74, 6) is 1.28. The molecule has 1 aliphatic carbocycles. The van der Waals surface area contributed by atoms with Crippen molar-refractivity contribution < 1.29 is 14.3 Å². The molecular weight excluding hydrogens is 272 g/mol. The number of thiol groups is 1. The van der Waals surface area contributed by atoms with E-state index in [-0.39, 0.29) is 5.78 Å². The molecule has 1 aliphatic rings. The maximum absolute atomic E-state index is 12.5. The second kappa shape index (κ2) is 6.48. The maximum Gasteiger partial charge on any atom is 0.194 e. The molecule has 0 aliphatic heterocycles. The zero-order chi connectivity index (χ0) is 14.5. The Kier molecular flexibility index (Phi) is 4.69. The zero-order valence-electron chi connectivity index (χ0n) is 11.4. The zero-order valence-corrected chi connectivity index (χ0v) is 12.3. The Balaban J connectivity index is 2.36. The molecule has 0 saturated carbocycles. The topological polar surface area (TPSA) is 35.5 Å². The van der Waals surface area contributed by atoms with Gasteiger partial charge in [-0.1, -0.05) is 12.2 Å². The van der Waals surface area contributed by atoms with Crippen molar-refractivity contribution in [1.29, 1.82) is 0 Å². The lowest BCUT2D eigenvalue weighted by Gasteiger charge is -2.08. The Bertz CT molecular complexity index is 612. The number of benzene rings is 1. The minimum absolute atomic E-state index is 0.0845. The van der Waals surface area contributed by atoms with Gasteiger partial charge in [-0.25, -0.2) is 0 Å². The van der Waals surface area contributed by atoms with Crippen molar-refractivity contribution in [1.82, 2.24) is 0 Å². The van der Waals surface area contributed by atoms with Crippen molar-refractivity contribution in [3.63, 3.8) is 0 Å². The lowest BCUT2D eigenvalue weighted by molar-refractivity contribution is 0.103. The van der Waals surface area contributed by atoms with Gasteiger partial charge < -0.3 is 9.47 Å². The fourth-order valence-corrected chi connectivity index (χ4v) is 2.21. The first-order chi connectivity index (χ1) is 9.65. The van der Waals surface area contributed by atoms with Crippen molar-refractivity contribution in [3.05, 3.63) is 59.4 Å². The quantitative estimate of drug-likeness (QED) is 0.679. The smallest absolute Gasteiger partial charge is 0.194 e. The number of hydrogen-bond acceptors (Lipinski definition) is 4. The number of rotatable bonds is 4. The van der Waals surface area contributed by atoms with Gasteiger partial charge in [0.1, 0.15) is 11.5 Å². The molecule has 3 nitrogen and oxygen atoms in total. The third-order valence-electron chi connectivity index (χ3n) is 3.00. The molecule has 0 atom stereocenters. The highest BCUT2D eigenvalue weighted by Gasteiger charge is 2.15. The first kappa shape index (κ1) is 14.5. The third kappa shape index (κ3) is 3.14. The monoisotopic (exact) mass is 288 g/mol. The number of ether oxygens (including phenoxy) is 2. The van der Waals surface area contributed by atoms with Crippen LogP contribution < -0.4 is 4.74 Å². The molecule has 1 aromatic rings. The van der Waals surface area contributed by atoms with Crippen LogP contribution in [0.2, 0.25) is 0 Å². The van der Waals surface area contributed by atoms with Gasteiger partial charge in [-0.2, -0.15) is 0 Å². The Morgan fingerprint density at radius 2 is 2.05 bits per heavy atom. The van der Waals surface area contributed by atoms with Crippen molar-refractivity contribution in [2.75, 3.05) is 14.2 Å². The second-order valence-corrected chi connectivity index (χ2v) is 4.74. The van der Waals surface area contributed by atoms with E-state index in [4.69, 9.17) is 9.47 Å². The molecule has 0 saturated heterocycles. The van der Waals surface area contributed by atoms with Gasteiger partial charge in [0, 0.05) is 16.0 Å². The highest BCUT2D eigenvalue weighted by atomic mass is 32.1. The van der Waals surface area contributed by atoms with E-state index in [2.05, 4.69) is 12.6 Å². The van der Waals surface area contributed by atoms with Crippen molar-refractivity contribution in [3.8, 4) is 5.75 Å². The molecule has 104 valence electrons. The van der Waals surface area contributed by atoms with Gasteiger partial charge in [-0.3, -0.25) is 4.79 Å². The van der Waals surface area contributed by atoms with Crippen LogP contribution in [0.1, 0.15) is 16.8 Å². The summed E-state index contributed by atoms with van der Waals surface area (Å²) >= 11 is 4.35. The van der Waals surface area contributed by atoms with Crippen LogP contribution in [0.25, 0.3) is 0 Å².